The highest BCUT2D eigenvalue weighted by Gasteiger charge is 2.13. The third-order valence-electron chi connectivity index (χ3n) is 3.24. The minimum Gasteiger partial charge on any atom is -0.324 e. The summed E-state index contributed by atoms with van der Waals surface area (Å²) in [6.07, 6.45) is 0. The van der Waals surface area contributed by atoms with Crippen LogP contribution in [0.1, 0.15) is 26.3 Å². The van der Waals surface area contributed by atoms with Gasteiger partial charge in [-0.25, -0.2) is 0 Å². The summed E-state index contributed by atoms with van der Waals surface area (Å²) >= 11 is 3.78. The van der Waals surface area contributed by atoms with Gasteiger partial charge < -0.3 is 5.32 Å². The number of hydrogen-bond acceptors (Lipinski definition) is 2. The Balaban J connectivity index is 1.90. The molecular weight excluding hydrogens is 405 g/mol. The molecule has 2 aromatic carbocycles. The van der Waals surface area contributed by atoms with Crippen LogP contribution in [-0.4, -0.2) is 11.7 Å². The molecule has 116 valence electrons. The van der Waals surface area contributed by atoms with Crippen LogP contribution in [0.4, 0.5) is 5.69 Å². The van der Waals surface area contributed by atoms with Gasteiger partial charge in [-0.1, -0.05) is 45.0 Å². The second-order valence-electron chi connectivity index (χ2n) is 6.09. The zero-order valence-electron chi connectivity index (χ0n) is 13.0. The van der Waals surface area contributed by atoms with Crippen LogP contribution in [0.3, 0.4) is 0 Å². The first-order valence-corrected chi connectivity index (χ1v) is 9.20. The Kier molecular flexibility index (Phi) is 5.92. The molecule has 0 spiro atoms. The van der Waals surface area contributed by atoms with Crippen molar-refractivity contribution in [1.29, 1.82) is 0 Å². The van der Waals surface area contributed by atoms with E-state index in [9.17, 15) is 4.79 Å². The Morgan fingerprint density at radius 2 is 1.73 bits per heavy atom. The molecule has 1 amide bonds. The Morgan fingerprint density at radius 3 is 2.32 bits per heavy atom. The molecule has 2 aromatic rings. The summed E-state index contributed by atoms with van der Waals surface area (Å²) in [6, 6.07) is 16.2. The number of rotatable bonds is 4. The number of anilines is 1. The molecule has 4 heteroatoms. The molecular formula is C18H20INOS. The Bertz CT molecular complexity index is 647. The van der Waals surface area contributed by atoms with Crippen LogP contribution in [0.5, 0.6) is 0 Å². The van der Waals surface area contributed by atoms with Gasteiger partial charge in [0.1, 0.15) is 0 Å². The van der Waals surface area contributed by atoms with Crippen molar-refractivity contribution in [3.8, 4) is 0 Å². The van der Waals surface area contributed by atoms with Crippen molar-refractivity contribution in [3.63, 3.8) is 0 Å². The smallest absolute Gasteiger partial charge is 0.234 e. The number of nitrogens with one attached hydrogen (secondary N) is 1. The van der Waals surface area contributed by atoms with Gasteiger partial charge in [-0.05, 0) is 57.8 Å². The van der Waals surface area contributed by atoms with E-state index < -0.39 is 0 Å². The molecule has 0 unspecified atom stereocenters. The molecule has 0 radical (unpaired) electrons. The van der Waals surface area contributed by atoms with Crippen LogP contribution < -0.4 is 5.32 Å². The summed E-state index contributed by atoms with van der Waals surface area (Å²) in [7, 11) is 0. The van der Waals surface area contributed by atoms with Crippen molar-refractivity contribution in [2.24, 2.45) is 0 Å². The number of para-hydroxylation sites is 1. The van der Waals surface area contributed by atoms with Crippen molar-refractivity contribution < 1.29 is 4.79 Å². The lowest BCUT2D eigenvalue weighted by molar-refractivity contribution is -0.113. The minimum absolute atomic E-state index is 0.0222. The average molecular weight is 425 g/mol. The molecule has 0 bridgehead atoms. The van der Waals surface area contributed by atoms with Crippen LogP contribution in [-0.2, 0) is 10.2 Å². The number of thioether (sulfide) groups is 1. The normalized spacial score (nSPS) is 11.3. The zero-order valence-corrected chi connectivity index (χ0v) is 16.0. The fourth-order valence-corrected chi connectivity index (χ4v) is 3.17. The van der Waals surface area contributed by atoms with Crippen molar-refractivity contribution in [2.75, 3.05) is 11.1 Å². The summed E-state index contributed by atoms with van der Waals surface area (Å²) in [5.74, 6) is 0.439. The molecule has 22 heavy (non-hydrogen) atoms. The first-order chi connectivity index (χ1) is 10.4. The maximum Gasteiger partial charge on any atom is 0.234 e. The van der Waals surface area contributed by atoms with Crippen molar-refractivity contribution in [3.05, 3.63) is 57.7 Å². The topological polar surface area (TPSA) is 29.1 Å². The molecule has 2 rings (SSSR count). The van der Waals surface area contributed by atoms with Crippen LogP contribution >= 0.6 is 34.4 Å². The predicted octanol–water partition coefficient (Wildman–Crippen LogP) is 5.32. The van der Waals surface area contributed by atoms with Gasteiger partial charge in [0.05, 0.1) is 11.4 Å². The number of hydrogen-bond donors (Lipinski definition) is 1. The Morgan fingerprint density at radius 1 is 1.09 bits per heavy atom. The van der Waals surface area contributed by atoms with E-state index in [-0.39, 0.29) is 11.3 Å². The lowest BCUT2D eigenvalue weighted by Gasteiger charge is -2.19. The summed E-state index contributed by atoms with van der Waals surface area (Å²) in [6.45, 7) is 6.60. The molecule has 0 fully saturated rings. The van der Waals surface area contributed by atoms with Crippen molar-refractivity contribution >= 4 is 45.9 Å². The number of benzene rings is 2. The summed E-state index contributed by atoms with van der Waals surface area (Å²) in [5.41, 5.74) is 2.34. The number of amides is 1. The van der Waals surface area contributed by atoms with Crippen LogP contribution in [0.25, 0.3) is 0 Å². The SMILES string of the molecule is CC(C)(C)c1ccc(SCC(=O)Nc2ccccc2I)cc1. The monoisotopic (exact) mass is 425 g/mol. The minimum atomic E-state index is 0.0222. The number of halogens is 1. The fourth-order valence-electron chi connectivity index (χ4n) is 1.95. The highest BCUT2D eigenvalue weighted by molar-refractivity contribution is 14.1. The van der Waals surface area contributed by atoms with E-state index in [2.05, 4.69) is 72.9 Å². The van der Waals surface area contributed by atoms with E-state index >= 15 is 0 Å². The standard InChI is InChI=1S/C18H20INOS/c1-18(2,3)13-8-10-14(11-9-13)22-12-17(21)20-16-7-5-4-6-15(16)19/h4-11H,12H2,1-3H3,(H,20,21). The molecule has 0 saturated heterocycles. The molecule has 2 nitrogen and oxygen atoms in total. The lowest BCUT2D eigenvalue weighted by atomic mass is 9.87. The first-order valence-electron chi connectivity index (χ1n) is 7.14. The molecule has 0 aromatic heterocycles. The first kappa shape index (κ1) is 17.3. The van der Waals surface area contributed by atoms with E-state index in [0.29, 0.717) is 5.75 Å². The van der Waals surface area contributed by atoms with Crippen LogP contribution in [0, 0.1) is 3.57 Å². The van der Waals surface area contributed by atoms with E-state index in [1.54, 1.807) is 11.8 Å². The fraction of sp³-hybridized carbons (Fsp3) is 0.278. The largest absolute Gasteiger partial charge is 0.324 e. The summed E-state index contributed by atoms with van der Waals surface area (Å²) in [5, 5.41) is 2.95. The third-order valence-corrected chi connectivity index (χ3v) is 5.19. The number of carbonyl (C=O) groups is 1. The molecule has 1 N–H and O–H groups in total. The van der Waals surface area contributed by atoms with Gasteiger partial charge in [0.2, 0.25) is 5.91 Å². The highest BCUT2D eigenvalue weighted by Crippen LogP contribution is 2.26. The number of carbonyl (C=O) groups excluding carboxylic acids is 1. The van der Waals surface area contributed by atoms with E-state index in [4.69, 9.17) is 0 Å². The van der Waals surface area contributed by atoms with Gasteiger partial charge in [0.25, 0.3) is 0 Å². The summed E-state index contributed by atoms with van der Waals surface area (Å²) in [4.78, 5) is 13.1. The predicted molar refractivity (Wildman–Crippen MR) is 104 cm³/mol. The molecule has 0 aliphatic heterocycles. The molecule has 0 aliphatic rings. The van der Waals surface area contributed by atoms with Gasteiger partial charge in [-0.3, -0.25) is 4.79 Å². The van der Waals surface area contributed by atoms with Gasteiger partial charge >= 0.3 is 0 Å². The van der Waals surface area contributed by atoms with E-state index in [1.807, 2.05) is 24.3 Å². The third kappa shape index (κ3) is 5.02. The molecule has 0 heterocycles. The van der Waals surface area contributed by atoms with Gasteiger partial charge in [0.15, 0.2) is 0 Å². The van der Waals surface area contributed by atoms with E-state index in [0.717, 1.165) is 14.2 Å². The van der Waals surface area contributed by atoms with Crippen molar-refractivity contribution in [1.82, 2.24) is 0 Å². The molecule has 0 saturated carbocycles. The van der Waals surface area contributed by atoms with Crippen LogP contribution in [0.2, 0.25) is 0 Å². The molecule has 0 aliphatic carbocycles. The lowest BCUT2D eigenvalue weighted by Crippen LogP contribution is -2.14. The van der Waals surface area contributed by atoms with Gasteiger partial charge in [0, 0.05) is 8.47 Å². The highest BCUT2D eigenvalue weighted by atomic mass is 127. The summed E-state index contributed by atoms with van der Waals surface area (Å²) < 4.78 is 1.05. The maximum atomic E-state index is 12.0. The molecule has 0 atom stereocenters. The van der Waals surface area contributed by atoms with Gasteiger partial charge in [-0.15, -0.1) is 11.8 Å². The maximum absolute atomic E-state index is 12.0. The van der Waals surface area contributed by atoms with Crippen LogP contribution in [0.15, 0.2) is 53.4 Å². The Labute approximate surface area is 150 Å². The quantitative estimate of drug-likeness (QED) is 0.531. The average Bonchev–Trinajstić information content (AvgIpc) is 2.47. The van der Waals surface area contributed by atoms with Gasteiger partial charge in [-0.2, -0.15) is 0 Å². The second-order valence-corrected chi connectivity index (χ2v) is 8.30. The Hall–Kier alpha value is -1.01. The zero-order chi connectivity index (χ0) is 16.2. The van der Waals surface area contributed by atoms with Crippen molar-refractivity contribution in [2.45, 2.75) is 31.1 Å². The second kappa shape index (κ2) is 7.51. The van der Waals surface area contributed by atoms with E-state index in [1.165, 1.54) is 5.56 Å².